The van der Waals surface area contributed by atoms with Gasteiger partial charge in [0, 0.05) is 82.1 Å². The third-order valence-corrected chi connectivity index (χ3v) is 20.9. The third kappa shape index (κ3) is 17.4. The minimum atomic E-state index is -0.509. The standard InChI is InChI=1S/2C24H21ClN4O2S.C22H20ClN3OS.C3H3ClO.BBr3/c2*1-3-21(30)28-8-10-29(11-9-28)24-19-14-20(25)22(26-23(19)27-32-24)18-13-16(31-2)12-15-6-4-5-7-17(15)18;1-27-15-11-14-7-3-4-8-16(14)17(12-15)20-19(23)13-18-21(24-20)25-28-22(18)26-9-5-2-6-10-26;1-2-3(4)5;2-1(3)4/h2*3-7,12-14H,1,8-11H2,2H3;3-4,7-8,11-13H,2,5-6,9-10H2,1H3;2H,1H2;. The van der Waals surface area contributed by atoms with Gasteiger partial charge >= 0.3 is 3.18 Å². The number of aromatic nitrogens is 6. The van der Waals surface area contributed by atoms with E-state index in [2.05, 4.69) is 119 Å². The van der Waals surface area contributed by atoms with Crippen LogP contribution in [0.3, 0.4) is 0 Å². The largest absolute Gasteiger partial charge is 0.497 e. The number of piperidine rings is 1. The number of rotatable bonds is 12. The Morgan fingerprint density at radius 3 is 1.00 bits per heavy atom. The van der Waals surface area contributed by atoms with E-state index in [0.29, 0.717) is 63.9 Å². The molecule has 3 saturated heterocycles. The molecule has 3 aliphatic heterocycles. The lowest BCUT2D eigenvalue weighted by Gasteiger charge is -2.34. The molecule has 518 valence electrons. The highest BCUT2D eigenvalue weighted by Gasteiger charge is 2.27. The highest BCUT2D eigenvalue weighted by molar-refractivity contribution is 9.69. The van der Waals surface area contributed by atoms with Gasteiger partial charge in [-0.25, -0.2) is 15.0 Å². The number of amides is 2. The first-order chi connectivity index (χ1) is 48.9. The van der Waals surface area contributed by atoms with Crippen LogP contribution in [0.5, 0.6) is 17.2 Å². The van der Waals surface area contributed by atoms with Gasteiger partial charge in [-0.1, -0.05) is 127 Å². The maximum atomic E-state index is 11.9. The van der Waals surface area contributed by atoms with E-state index in [0.717, 1.165) is 149 Å². The van der Waals surface area contributed by atoms with Crippen LogP contribution >= 0.6 is 128 Å². The number of fused-ring (bicyclic) bond motifs is 6. The van der Waals surface area contributed by atoms with Crippen LogP contribution in [0.2, 0.25) is 15.1 Å². The Bertz CT molecular complexity index is 4860. The van der Waals surface area contributed by atoms with Gasteiger partial charge in [-0.2, -0.15) is 13.1 Å². The van der Waals surface area contributed by atoms with Gasteiger partial charge in [-0.15, -0.1) is 47.3 Å². The molecule has 0 atom stereocenters. The number of allylic oxidation sites excluding steroid dienone is 1. The van der Waals surface area contributed by atoms with Crippen molar-refractivity contribution in [3.05, 3.63) is 180 Å². The van der Waals surface area contributed by atoms with Gasteiger partial charge in [0.15, 0.2) is 16.9 Å². The fourth-order valence-corrected chi connectivity index (χ4v) is 15.5. The van der Waals surface area contributed by atoms with Crippen LogP contribution in [0, 0.1) is 0 Å². The molecular weight excluding hydrogens is 1620 g/mol. The second kappa shape index (κ2) is 34.7. The summed E-state index contributed by atoms with van der Waals surface area (Å²) in [6.07, 6.45) is 7.54. The molecule has 3 aliphatic rings. The summed E-state index contributed by atoms with van der Waals surface area (Å²) in [5.41, 5.74) is 7.02. The summed E-state index contributed by atoms with van der Waals surface area (Å²) < 4.78 is 30.7. The van der Waals surface area contributed by atoms with Gasteiger partial charge in [0.1, 0.15) is 32.3 Å². The van der Waals surface area contributed by atoms with E-state index >= 15 is 0 Å². The highest BCUT2D eigenvalue weighted by Crippen LogP contribution is 2.44. The van der Waals surface area contributed by atoms with Crippen LogP contribution in [0.25, 0.3) is 99.2 Å². The van der Waals surface area contributed by atoms with Crippen LogP contribution in [-0.2, 0) is 14.4 Å². The number of nitrogens with zero attached hydrogens (tertiary/aromatic N) is 11. The second-order valence-corrected chi connectivity index (χ2v) is 33.3. The number of carbonyl (C=O) groups is 3. The van der Waals surface area contributed by atoms with E-state index in [1.54, 1.807) is 21.3 Å². The molecule has 3 fully saturated rings. The van der Waals surface area contributed by atoms with Crippen LogP contribution < -0.4 is 28.9 Å². The zero-order chi connectivity index (χ0) is 71.4. The molecular formula is C73H65BBr3Cl4N11O6S3. The number of ether oxygens (including phenoxy) is 3. The van der Waals surface area contributed by atoms with Gasteiger partial charge in [0.05, 0.1) is 69.6 Å². The molecule has 6 aromatic heterocycles. The van der Waals surface area contributed by atoms with Gasteiger partial charge in [0.25, 0.3) is 0 Å². The van der Waals surface area contributed by atoms with Crippen molar-refractivity contribution in [3.8, 4) is 51.0 Å². The molecule has 6 aromatic carbocycles. The fraction of sp³-hybridized carbons (Fsp3) is 0.219. The first kappa shape index (κ1) is 74.7. The predicted octanol–water partition coefficient (Wildman–Crippen LogP) is 19.3. The average molecular weight is 1680 g/mol. The Hall–Kier alpha value is -7.49. The molecule has 0 unspecified atom stereocenters. The summed E-state index contributed by atoms with van der Waals surface area (Å²) in [7, 11) is 4.99. The molecule has 0 bridgehead atoms. The summed E-state index contributed by atoms with van der Waals surface area (Å²) in [4.78, 5) is 58.3. The molecule has 15 rings (SSSR count). The zero-order valence-corrected chi connectivity index (χ0v) is 65.2. The van der Waals surface area contributed by atoms with Crippen molar-refractivity contribution in [3.63, 3.8) is 0 Å². The van der Waals surface area contributed by atoms with Crippen molar-refractivity contribution in [2.75, 3.05) is 101 Å². The SMILES string of the molecule is BrB(Br)Br.C=CC(=O)Cl.C=CC(=O)N1CCN(c2snc3nc(-c4cc(OC)cc5ccccc45)c(Cl)cc23)CC1.C=CC(=O)N1CCN(c2snc3nc(-c4cc(OC)cc5ccccc45)c(Cl)cc23)CC1.COc1cc(-c2nc3nsc(N4CCCCC4)c3cc2Cl)c2ccccc2c1. The summed E-state index contributed by atoms with van der Waals surface area (Å²) >= 11 is 38.7. The number of hydrogen-bond donors (Lipinski definition) is 0. The van der Waals surface area contributed by atoms with E-state index < -0.39 is 5.24 Å². The van der Waals surface area contributed by atoms with Crippen LogP contribution in [0.15, 0.2) is 165 Å². The number of anilines is 3. The summed E-state index contributed by atoms with van der Waals surface area (Å²) in [5.74, 6) is 2.24. The Labute approximate surface area is 641 Å². The normalized spacial score (nSPS) is 13.7. The van der Waals surface area contributed by atoms with Crippen molar-refractivity contribution in [1.29, 1.82) is 0 Å². The molecule has 9 heterocycles. The number of hydrogen-bond acceptors (Lipinski definition) is 18. The maximum absolute atomic E-state index is 11.9. The second-order valence-electron chi connectivity index (χ2n) is 23.1. The van der Waals surface area contributed by atoms with Gasteiger partial charge < -0.3 is 38.7 Å². The van der Waals surface area contributed by atoms with E-state index in [1.807, 2.05) is 113 Å². The van der Waals surface area contributed by atoms with Crippen LogP contribution in [0.4, 0.5) is 15.0 Å². The lowest BCUT2D eigenvalue weighted by atomic mass is 10.0. The molecule has 17 nitrogen and oxygen atoms in total. The van der Waals surface area contributed by atoms with Gasteiger partial charge in [-0.05, 0) is 171 Å². The molecule has 0 spiro atoms. The summed E-state index contributed by atoms with van der Waals surface area (Å²) in [5, 5.41) is 13.9. The number of methoxy groups -OCH3 is 3. The number of halogens is 7. The minimum Gasteiger partial charge on any atom is -0.497 e. The Morgan fingerprint density at radius 2 is 0.723 bits per heavy atom. The van der Waals surface area contributed by atoms with Crippen molar-refractivity contribution in [2.45, 2.75) is 19.3 Å². The van der Waals surface area contributed by atoms with Gasteiger partial charge in [-0.3, -0.25) is 14.4 Å². The molecule has 28 heteroatoms. The van der Waals surface area contributed by atoms with Crippen molar-refractivity contribution in [1.82, 2.24) is 37.9 Å². The Kier molecular flexibility index (Phi) is 25.6. The molecule has 0 radical (unpaired) electrons. The number of piperazine rings is 2. The first-order valence-corrected chi connectivity index (χ1v) is 38.4. The molecule has 101 heavy (non-hydrogen) atoms. The topological polar surface area (TPSA) is 172 Å². The highest BCUT2D eigenvalue weighted by atomic mass is 79.9. The number of pyridine rings is 3. The number of carbonyl (C=O) groups excluding carboxylic acids is 3. The Balaban J connectivity index is 0.000000144. The van der Waals surface area contributed by atoms with E-state index in [1.165, 1.54) is 71.0 Å². The fourth-order valence-electron chi connectivity index (χ4n) is 12.2. The van der Waals surface area contributed by atoms with E-state index in [4.69, 9.17) is 75.6 Å². The molecule has 0 N–H and O–H groups in total. The molecule has 2 amide bonds. The predicted molar refractivity (Wildman–Crippen MR) is 433 cm³/mol. The van der Waals surface area contributed by atoms with E-state index in [9.17, 15) is 14.4 Å². The lowest BCUT2D eigenvalue weighted by molar-refractivity contribution is -0.127. The van der Waals surface area contributed by atoms with Crippen molar-refractivity contribution < 1.29 is 28.6 Å². The number of benzene rings is 6. The molecule has 12 aromatic rings. The van der Waals surface area contributed by atoms with Gasteiger partial charge in [0.2, 0.25) is 17.1 Å². The lowest BCUT2D eigenvalue weighted by Crippen LogP contribution is -2.48. The van der Waals surface area contributed by atoms with Crippen molar-refractivity contribution >= 4 is 229 Å². The zero-order valence-electron chi connectivity index (χ0n) is 55.0. The average Bonchev–Trinajstić information content (AvgIpc) is 1.75. The van der Waals surface area contributed by atoms with Crippen molar-refractivity contribution in [2.24, 2.45) is 0 Å². The molecule has 0 saturated carbocycles. The van der Waals surface area contributed by atoms with E-state index in [-0.39, 0.29) is 15.0 Å². The maximum Gasteiger partial charge on any atom is 0.369 e. The third-order valence-electron chi connectivity index (χ3n) is 17.1. The Morgan fingerprint density at radius 1 is 0.436 bits per heavy atom. The molecule has 0 aliphatic carbocycles. The minimum absolute atomic E-state index is 0.0290. The van der Waals surface area contributed by atoms with Crippen LogP contribution in [-0.4, -0.2) is 145 Å². The van der Waals surface area contributed by atoms with Crippen LogP contribution in [0.1, 0.15) is 19.3 Å². The quantitative estimate of drug-likeness (QED) is 0.0642. The smallest absolute Gasteiger partial charge is 0.369 e. The monoisotopic (exact) mass is 1680 g/mol. The summed E-state index contributed by atoms with van der Waals surface area (Å²) in [6.45, 7) is 17.9. The first-order valence-electron chi connectivity index (χ1n) is 31.8. The summed E-state index contributed by atoms with van der Waals surface area (Å²) in [6, 6.07) is 42.3.